The number of rotatable bonds is 1. The Balaban J connectivity index is 1.78. The number of anilines is 2. The fourth-order valence-corrected chi connectivity index (χ4v) is 3.37. The van der Waals surface area contributed by atoms with Gasteiger partial charge in [0.2, 0.25) is 0 Å². The first-order valence-electron chi connectivity index (χ1n) is 7.33. The van der Waals surface area contributed by atoms with E-state index >= 15 is 0 Å². The summed E-state index contributed by atoms with van der Waals surface area (Å²) in [5.41, 5.74) is 13.3. The lowest BCUT2D eigenvalue weighted by Gasteiger charge is -2.26. The minimum atomic E-state index is 0.0535. The minimum absolute atomic E-state index is 0.0535. The number of fused-ring (bicyclic) bond motifs is 1. The molecule has 2 heterocycles. The van der Waals surface area contributed by atoms with Crippen LogP contribution in [0, 0.1) is 0 Å². The van der Waals surface area contributed by atoms with Crippen molar-refractivity contribution in [1.29, 1.82) is 0 Å². The van der Waals surface area contributed by atoms with E-state index in [4.69, 9.17) is 11.5 Å². The standard InChI is InChI=1S/C15H22N4O/c16-12-7-11(8-13(17)9-12)15(20)19-6-2-5-18-4-1-3-14(18)10-19/h7-9,14H,1-6,10,16-17H2. The zero-order valence-corrected chi connectivity index (χ0v) is 11.7. The predicted molar refractivity (Wildman–Crippen MR) is 80.4 cm³/mol. The molecule has 0 spiro atoms. The molecule has 5 nitrogen and oxygen atoms in total. The van der Waals surface area contributed by atoms with Crippen LogP contribution in [-0.2, 0) is 0 Å². The van der Waals surface area contributed by atoms with Crippen molar-refractivity contribution in [3.05, 3.63) is 23.8 Å². The van der Waals surface area contributed by atoms with Crippen molar-refractivity contribution in [3.63, 3.8) is 0 Å². The highest BCUT2D eigenvalue weighted by atomic mass is 16.2. The molecule has 2 fully saturated rings. The summed E-state index contributed by atoms with van der Waals surface area (Å²) in [5, 5.41) is 0. The first-order valence-corrected chi connectivity index (χ1v) is 7.33. The van der Waals surface area contributed by atoms with Crippen molar-refractivity contribution in [2.24, 2.45) is 0 Å². The Labute approximate surface area is 119 Å². The zero-order chi connectivity index (χ0) is 14.1. The number of nitrogens with zero attached hydrogens (tertiary/aromatic N) is 2. The Morgan fingerprint density at radius 1 is 1.05 bits per heavy atom. The molecule has 0 aliphatic carbocycles. The van der Waals surface area contributed by atoms with E-state index in [1.54, 1.807) is 18.2 Å². The summed E-state index contributed by atoms with van der Waals surface area (Å²) in [6, 6.07) is 5.64. The second-order valence-electron chi connectivity index (χ2n) is 5.83. The van der Waals surface area contributed by atoms with Gasteiger partial charge in [0.1, 0.15) is 0 Å². The molecule has 1 unspecified atom stereocenters. The Hall–Kier alpha value is -1.75. The van der Waals surface area contributed by atoms with Crippen molar-refractivity contribution in [1.82, 2.24) is 9.80 Å². The van der Waals surface area contributed by atoms with Crippen molar-refractivity contribution in [3.8, 4) is 0 Å². The number of nitrogen functional groups attached to an aromatic ring is 2. The smallest absolute Gasteiger partial charge is 0.254 e. The third-order valence-corrected chi connectivity index (χ3v) is 4.32. The van der Waals surface area contributed by atoms with Crippen LogP contribution in [0.15, 0.2) is 18.2 Å². The van der Waals surface area contributed by atoms with Gasteiger partial charge in [0, 0.05) is 42.6 Å². The number of carbonyl (C=O) groups is 1. The molecule has 108 valence electrons. The van der Waals surface area contributed by atoms with Crippen LogP contribution in [0.25, 0.3) is 0 Å². The van der Waals surface area contributed by atoms with Crippen molar-refractivity contribution >= 4 is 17.3 Å². The average molecular weight is 274 g/mol. The average Bonchev–Trinajstić information content (AvgIpc) is 2.74. The van der Waals surface area contributed by atoms with Gasteiger partial charge in [-0.1, -0.05) is 0 Å². The van der Waals surface area contributed by atoms with Crippen LogP contribution in [0.2, 0.25) is 0 Å². The Bertz CT molecular complexity index is 496. The van der Waals surface area contributed by atoms with E-state index < -0.39 is 0 Å². The van der Waals surface area contributed by atoms with E-state index in [1.165, 1.54) is 19.4 Å². The molecule has 5 heteroatoms. The first kappa shape index (κ1) is 13.2. The second kappa shape index (κ2) is 5.32. The number of nitrogens with two attached hydrogens (primary N) is 2. The minimum Gasteiger partial charge on any atom is -0.399 e. The SMILES string of the molecule is Nc1cc(N)cc(C(=O)N2CCCN3CCCC3C2)c1. The Kier molecular flexibility index (Phi) is 3.53. The molecule has 1 atom stereocenters. The molecule has 2 aliphatic heterocycles. The van der Waals surface area contributed by atoms with Gasteiger partial charge in [-0.25, -0.2) is 0 Å². The van der Waals surface area contributed by atoms with Gasteiger partial charge in [0.15, 0.2) is 0 Å². The maximum Gasteiger partial charge on any atom is 0.254 e. The van der Waals surface area contributed by atoms with Gasteiger partial charge in [-0.05, 0) is 44.0 Å². The van der Waals surface area contributed by atoms with Gasteiger partial charge in [-0.2, -0.15) is 0 Å². The van der Waals surface area contributed by atoms with Gasteiger partial charge in [0.05, 0.1) is 0 Å². The van der Waals surface area contributed by atoms with Crippen LogP contribution in [0.4, 0.5) is 11.4 Å². The highest BCUT2D eigenvalue weighted by Crippen LogP contribution is 2.23. The molecule has 4 N–H and O–H groups in total. The van der Waals surface area contributed by atoms with Crippen LogP contribution < -0.4 is 11.5 Å². The van der Waals surface area contributed by atoms with Gasteiger partial charge in [-0.3, -0.25) is 9.69 Å². The summed E-state index contributed by atoms with van der Waals surface area (Å²) in [4.78, 5) is 17.1. The van der Waals surface area contributed by atoms with E-state index in [0.717, 1.165) is 26.1 Å². The molecule has 1 aromatic carbocycles. The lowest BCUT2D eigenvalue weighted by Crippen LogP contribution is -2.39. The molecular formula is C15H22N4O. The highest BCUT2D eigenvalue weighted by Gasteiger charge is 2.30. The molecule has 0 aromatic heterocycles. The summed E-state index contributed by atoms with van der Waals surface area (Å²) in [6.07, 6.45) is 3.49. The highest BCUT2D eigenvalue weighted by molar-refractivity contribution is 5.96. The molecule has 20 heavy (non-hydrogen) atoms. The molecular weight excluding hydrogens is 252 g/mol. The maximum atomic E-state index is 12.6. The van der Waals surface area contributed by atoms with Gasteiger partial charge >= 0.3 is 0 Å². The van der Waals surface area contributed by atoms with E-state index in [9.17, 15) is 4.79 Å². The lowest BCUT2D eigenvalue weighted by molar-refractivity contribution is 0.0743. The van der Waals surface area contributed by atoms with Crippen LogP contribution in [0.3, 0.4) is 0 Å². The number of benzene rings is 1. The molecule has 1 aromatic rings. The van der Waals surface area contributed by atoms with Crippen LogP contribution in [0.5, 0.6) is 0 Å². The zero-order valence-electron chi connectivity index (χ0n) is 11.7. The van der Waals surface area contributed by atoms with E-state index in [1.807, 2.05) is 4.90 Å². The monoisotopic (exact) mass is 274 g/mol. The summed E-state index contributed by atoms with van der Waals surface area (Å²) < 4.78 is 0. The number of amides is 1. The van der Waals surface area contributed by atoms with E-state index in [2.05, 4.69) is 4.90 Å². The van der Waals surface area contributed by atoms with Crippen LogP contribution in [-0.4, -0.2) is 47.9 Å². The van der Waals surface area contributed by atoms with Crippen molar-refractivity contribution in [2.75, 3.05) is 37.6 Å². The number of carbonyl (C=O) groups excluding carboxylic acids is 1. The van der Waals surface area contributed by atoms with Gasteiger partial charge in [-0.15, -0.1) is 0 Å². The quantitative estimate of drug-likeness (QED) is 0.754. The third-order valence-electron chi connectivity index (χ3n) is 4.32. The summed E-state index contributed by atoms with van der Waals surface area (Å²) in [7, 11) is 0. The lowest BCUT2D eigenvalue weighted by atomic mass is 10.1. The summed E-state index contributed by atoms with van der Waals surface area (Å²) in [5.74, 6) is 0.0535. The molecule has 2 saturated heterocycles. The van der Waals surface area contributed by atoms with Crippen LogP contribution >= 0.6 is 0 Å². The number of hydrogen-bond acceptors (Lipinski definition) is 4. The molecule has 1 amide bonds. The molecule has 3 rings (SSSR count). The molecule has 0 saturated carbocycles. The molecule has 2 aliphatic rings. The maximum absolute atomic E-state index is 12.6. The van der Waals surface area contributed by atoms with Crippen LogP contribution in [0.1, 0.15) is 29.6 Å². The van der Waals surface area contributed by atoms with Crippen molar-refractivity contribution < 1.29 is 4.79 Å². The summed E-state index contributed by atoms with van der Waals surface area (Å²) in [6.45, 7) is 3.93. The fourth-order valence-electron chi connectivity index (χ4n) is 3.37. The Morgan fingerprint density at radius 2 is 1.75 bits per heavy atom. The second-order valence-corrected chi connectivity index (χ2v) is 5.83. The normalized spacial score (nSPS) is 23.4. The Morgan fingerprint density at radius 3 is 2.50 bits per heavy atom. The van der Waals surface area contributed by atoms with Gasteiger partial charge in [0.25, 0.3) is 5.91 Å². The van der Waals surface area contributed by atoms with Crippen molar-refractivity contribution in [2.45, 2.75) is 25.3 Å². The first-order chi connectivity index (χ1) is 9.63. The largest absolute Gasteiger partial charge is 0.399 e. The molecule has 0 radical (unpaired) electrons. The molecule has 0 bridgehead atoms. The predicted octanol–water partition coefficient (Wildman–Crippen LogP) is 1.16. The van der Waals surface area contributed by atoms with Gasteiger partial charge < -0.3 is 16.4 Å². The van der Waals surface area contributed by atoms with E-state index in [-0.39, 0.29) is 5.91 Å². The van der Waals surface area contributed by atoms with E-state index in [0.29, 0.717) is 23.0 Å². The fraction of sp³-hybridized carbons (Fsp3) is 0.533. The topological polar surface area (TPSA) is 75.6 Å². The summed E-state index contributed by atoms with van der Waals surface area (Å²) >= 11 is 0. The third kappa shape index (κ3) is 2.58. The number of hydrogen-bond donors (Lipinski definition) is 2.